The summed E-state index contributed by atoms with van der Waals surface area (Å²) in [6.45, 7) is 0. The zero-order chi connectivity index (χ0) is 10.1. The van der Waals surface area contributed by atoms with Crippen molar-refractivity contribution in [1.82, 2.24) is 10.2 Å². The van der Waals surface area contributed by atoms with Gasteiger partial charge in [0.1, 0.15) is 5.82 Å². The molecule has 6 heteroatoms. The van der Waals surface area contributed by atoms with Gasteiger partial charge in [0.25, 0.3) is 4.84 Å². The van der Waals surface area contributed by atoms with Gasteiger partial charge in [-0.3, -0.25) is 0 Å². The zero-order valence-electron chi connectivity index (χ0n) is 6.75. The predicted molar refractivity (Wildman–Crippen MR) is 54.8 cm³/mol. The highest BCUT2D eigenvalue weighted by Crippen LogP contribution is 2.24. The Kier molecular flexibility index (Phi) is 2.47. The van der Waals surface area contributed by atoms with Crippen LogP contribution in [0.2, 0.25) is 0 Å². The van der Waals surface area contributed by atoms with E-state index in [0.717, 1.165) is 4.47 Å². The summed E-state index contributed by atoms with van der Waals surface area (Å²) in [6.07, 6.45) is 0. The van der Waals surface area contributed by atoms with Crippen LogP contribution < -0.4 is 0 Å². The summed E-state index contributed by atoms with van der Waals surface area (Å²) in [6, 6.07) is 4.50. The van der Waals surface area contributed by atoms with Crippen molar-refractivity contribution >= 4 is 28.1 Å². The number of rotatable bonds is 1. The lowest BCUT2D eigenvalue weighted by Gasteiger charge is -1.97. The second-order valence-corrected chi connectivity index (χ2v) is 3.83. The van der Waals surface area contributed by atoms with Crippen LogP contribution in [-0.4, -0.2) is 10.2 Å². The first-order valence-electron chi connectivity index (χ1n) is 3.68. The molecule has 72 valence electrons. The Morgan fingerprint density at radius 3 is 2.93 bits per heavy atom. The summed E-state index contributed by atoms with van der Waals surface area (Å²) in [7, 11) is 0. The molecule has 1 N–H and O–H groups in total. The molecule has 0 aliphatic carbocycles. The Hall–Kier alpha value is -1.01. The maximum absolute atomic E-state index is 13.3. The zero-order valence-corrected chi connectivity index (χ0v) is 9.15. The van der Waals surface area contributed by atoms with Crippen LogP contribution in [0.4, 0.5) is 4.39 Å². The minimum atomic E-state index is -0.404. The van der Waals surface area contributed by atoms with E-state index in [-0.39, 0.29) is 16.3 Å². The number of benzene rings is 1. The molecular formula is C8H4BrFN2OS. The van der Waals surface area contributed by atoms with E-state index in [2.05, 4.69) is 26.1 Å². The number of halogens is 2. The number of aromatic amines is 1. The third kappa shape index (κ3) is 1.76. The van der Waals surface area contributed by atoms with Crippen LogP contribution in [0, 0.1) is 10.7 Å². The molecule has 0 radical (unpaired) electrons. The second-order valence-electron chi connectivity index (χ2n) is 2.54. The van der Waals surface area contributed by atoms with Gasteiger partial charge >= 0.3 is 0 Å². The monoisotopic (exact) mass is 274 g/mol. The van der Waals surface area contributed by atoms with E-state index >= 15 is 0 Å². The molecule has 0 aliphatic heterocycles. The fourth-order valence-corrected chi connectivity index (χ4v) is 1.49. The molecule has 0 atom stereocenters. The van der Waals surface area contributed by atoms with E-state index in [1.54, 1.807) is 12.1 Å². The number of hydrogen-bond acceptors (Lipinski definition) is 3. The van der Waals surface area contributed by atoms with Crippen molar-refractivity contribution in [1.29, 1.82) is 0 Å². The van der Waals surface area contributed by atoms with Crippen LogP contribution >= 0.6 is 28.1 Å². The molecule has 0 saturated carbocycles. The molecule has 0 spiro atoms. The third-order valence-corrected chi connectivity index (χ3v) is 2.26. The molecular weight excluding hydrogens is 271 g/mol. The number of hydrogen-bond donors (Lipinski definition) is 1. The van der Waals surface area contributed by atoms with Crippen LogP contribution in [0.5, 0.6) is 0 Å². The van der Waals surface area contributed by atoms with Crippen LogP contribution in [0.15, 0.2) is 27.1 Å². The molecule has 0 fully saturated rings. The SMILES string of the molecule is Fc1ccc(Br)cc1-c1n[nH]c(=S)o1. The minimum absolute atomic E-state index is 0.124. The van der Waals surface area contributed by atoms with E-state index in [0.29, 0.717) is 0 Å². The lowest BCUT2D eigenvalue weighted by atomic mass is 10.2. The highest BCUT2D eigenvalue weighted by Gasteiger charge is 2.10. The Morgan fingerprint density at radius 1 is 1.50 bits per heavy atom. The Bertz CT molecular complexity index is 522. The topological polar surface area (TPSA) is 41.8 Å². The van der Waals surface area contributed by atoms with Crippen molar-refractivity contribution in [3.63, 3.8) is 0 Å². The van der Waals surface area contributed by atoms with E-state index in [4.69, 9.17) is 16.6 Å². The lowest BCUT2D eigenvalue weighted by Crippen LogP contribution is -1.84. The van der Waals surface area contributed by atoms with Crippen LogP contribution in [-0.2, 0) is 0 Å². The van der Waals surface area contributed by atoms with Gasteiger partial charge in [0.15, 0.2) is 0 Å². The van der Waals surface area contributed by atoms with Gasteiger partial charge in [-0.25, -0.2) is 9.49 Å². The van der Waals surface area contributed by atoms with E-state index in [9.17, 15) is 4.39 Å². The van der Waals surface area contributed by atoms with Gasteiger partial charge in [0.2, 0.25) is 5.89 Å². The predicted octanol–water partition coefficient (Wildman–Crippen LogP) is 3.30. The average Bonchev–Trinajstić information content (AvgIpc) is 2.56. The molecule has 1 aromatic carbocycles. The average molecular weight is 275 g/mol. The smallest absolute Gasteiger partial charge is 0.284 e. The van der Waals surface area contributed by atoms with Gasteiger partial charge in [0.05, 0.1) is 5.56 Å². The highest BCUT2D eigenvalue weighted by molar-refractivity contribution is 9.10. The number of H-pyrrole nitrogens is 1. The first-order valence-corrected chi connectivity index (χ1v) is 4.88. The first kappa shape index (κ1) is 9.54. The largest absolute Gasteiger partial charge is 0.409 e. The van der Waals surface area contributed by atoms with Crippen molar-refractivity contribution in [3.05, 3.63) is 33.3 Å². The Balaban J connectivity index is 2.61. The van der Waals surface area contributed by atoms with Crippen molar-refractivity contribution < 1.29 is 8.81 Å². The van der Waals surface area contributed by atoms with Gasteiger partial charge in [-0.15, -0.1) is 5.10 Å². The maximum Gasteiger partial charge on any atom is 0.284 e. The van der Waals surface area contributed by atoms with Gasteiger partial charge in [-0.05, 0) is 30.4 Å². The summed E-state index contributed by atoms with van der Waals surface area (Å²) >= 11 is 7.92. The molecule has 0 saturated heterocycles. The standard InChI is InChI=1S/C8H4BrFN2OS/c9-4-1-2-6(10)5(3-4)7-11-12-8(14)13-7/h1-3H,(H,12,14). The third-order valence-electron chi connectivity index (χ3n) is 1.60. The van der Waals surface area contributed by atoms with Crippen LogP contribution in [0.3, 0.4) is 0 Å². The molecule has 0 bridgehead atoms. The Labute approximate surface area is 92.1 Å². The lowest BCUT2D eigenvalue weighted by molar-refractivity contribution is 0.543. The molecule has 1 aromatic heterocycles. The summed E-state index contributed by atoms with van der Waals surface area (Å²) in [4.78, 5) is 0.124. The molecule has 0 aliphatic rings. The molecule has 3 nitrogen and oxygen atoms in total. The fourth-order valence-electron chi connectivity index (χ4n) is 1.01. The summed E-state index contributed by atoms with van der Waals surface area (Å²) in [5.74, 6) is -0.257. The number of nitrogens with one attached hydrogen (secondary N) is 1. The summed E-state index contributed by atoms with van der Waals surface area (Å²) in [5, 5.41) is 6.16. The van der Waals surface area contributed by atoms with Gasteiger partial charge in [-0.1, -0.05) is 15.9 Å². The summed E-state index contributed by atoms with van der Waals surface area (Å²) in [5.41, 5.74) is 0.270. The van der Waals surface area contributed by atoms with Gasteiger partial charge in [0, 0.05) is 4.47 Å². The molecule has 0 amide bonds. The molecule has 14 heavy (non-hydrogen) atoms. The molecule has 2 aromatic rings. The van der Waals surface area contributed by atoms with Crippen LogP contribution in [0.1, 0.15) is 0 Å². The van der Waals surface area contributed by atoms with Crippen LogP contribution in [0.25, 0.3) is 11.5 Å². The fraction of sp³-hybridized carbons (Fsp3) is 0. The quantitative estimate of drug-likeness (QED) is 0.812. The highest BCUT2D eigenvalue weighted by atomic mass is 79.9. The van der Waals surface area contributed by atoms with E-state index < -0.39 is 5.82 Å². The second kappa shape index (κ2) is 3.62. The van der Waals surface area contributed by atoms with Gasteiger partial charge in [-0.2, -0.15) is 0 Å². The molecule has 0 unspecified atom stereocenters. The minimum Gasteiger partial charge on any atom is -0.409 e. The summed E-state index contributed by atoms with van der Waals surface area (Å²) < 4.78 is 19.0. The maximum atomic E-state index is 13.3. The number of aromatic nitrogens is 2. The van der Waals surface area contributed by atoms with E-state index in [1.165, 1.54) is 6.07 Å². The normalized spacial score (nSPS) is 10.4. The number of nitrogens with zero attached hydrogens (tertiary/aromatic N) is 1. The van der Waals surface area contributed by atoms with Gasteiger partial charge < -0.3 is 4.42 Å². The van der Waals surface area contributed by atoms with Crippen molar-refractivity contribution in [2.24, 2.45) is 0 Å². The van der Waals surface area contributed by atoms with Crippen molar-refractivity contribution in [2.45, 2.75) is 0 Å². The Morgan fingerprint density at radius 2 is 2.29 bits per heavy atom. The molecule has 2 rings (SSSR count). The van der Waals surface area contributed by atoms with Crippen molar-refractivity contribution in [3.8, 4) is 11.5 Å². The van der Waals surface area contributed by atoms with E-state index in [1.807, 2.05) is 0 Å². The van der Waals surface area contributed by atoms with Crippen molar-refractivity contribution in [2.75, 3.05) is 0 Å². The molecule has 1 heterocycles. The first-order chi connectivity index (χ1) is 6.66.